The molecule has 1 aromatic carbocycles. The van der Waals surface area contributed by atoms with Crippen LogP contribution in [0.4, 0.5) is 0 Å². The minimum atomic E-state index is -0.382. The van der Waals surface area contributed by atoms with Crippen LogP contribution in [0.1, 0.15) is 17.5 Å². The zero-order valence-electron chi connectivity index (χ0n) is 14.3. The molecule has 2 fully saturated rings. The lowest BCUT2D eigenvalue weighted by molar-refractivity contribution is -0.143. The summed E-state index contributed by atoms with van der Waals surface area (Å²) in [6.07, 6.45) is 2.74. The number of ketones is 1. The zero-order valence-corrected chi connectivity index (χ0v) is 14.3. The van der Waals surface area contributed by atoms with Gasteiger partial charge in [0.05, 0.1) is 12.1 Å². The molecule has 2 heterocycles. The molecule has 25 heavy (non-hydrogen) atoms. The van der Waals surface area contributed by atoms with Crippen molar-refractivity contribution in [3.05, 3.63) is 35.4 Å². The molecule has 134 valence electrons. The van der Waals surface area contributed by atoms with E-state index in [0.717, 1.165) is 30.6 Å². The van der Waals surface area contributed by atoms with Crippen molar-refractivity contribution in [1.82, 2.24) is 15.5 Å². The first-order chi connectivity index (χ1) is 12.2. The number of Topliss-reactive ketones (excluding diaryl/α,β-unsaturated/α-hetero) is 1. The maximum atomic E-state index is 12.8. The van der Waals surface area contributed by atoms with E-state index in [4.69, 9.17) is 5.84 Å². The second-order valence-corrected chi connectivity index (χ2v) is 6.60. The van der Waals surface area contributed by atoms with E-state index in [1.54, 1.807) is 11.1 Å². The molecule has 1 aromatic rings. The van der Waals surface area contributed by atoms with Crippen molar-refractivity contribution in [2.45, 2.75) is 18.9 Å². The molecule has 7 nitrogen and oxygen atoms in total. The van der Waals surface area contributed by atoms with E-state index >= 15 is 0 Å². The first-order valence-corrected chi connectivity index (χ1v) is 8.76. The lowest BCUT2D eigenvalue weighted by Gasteiger charge is -2.36. The van der Waals surface area contributed by atoms with Crippen molar-refractivity contribution in [3.63, 3.8) is 0 Å². The Morgan fingerprint density at radius 3 is 2.64 bits per heavy atom. The molecule has 0 spiro atoms. The highest BCUT2D eigenvalue weighted by Gasteiger charge is 2.35. The SMILES string of the molecule is N/N=C/c1ccc(CC(=O)C2CNCCN2C(=O)C2CCNC2)cc1. The standard InChI is InChI=1S/C18H25N5O2/c19-22-10-14-3-1-13(2-4-14)9-17(24)16-12-21-7-8-23(16)18(25)15-5-6-20-11-15/h1-4,10,15-16,20-21H,5-9,11-12,19H2/b22-10+. The van der Waals surface area contributed by atoms with Crippen molar-refractivity contribution in [1.29, 1.82) is 0 Å². The summed E-state index contributed by atoms with van der Waals surface area (Å²) in [6.45, 7) is 3.45. The lowest BCUT2D eigenvalue weighted by Crippen LogP contribution is -2.58. The van der Waals surface area contributed by atoms with Gasteiger partial charge in [0.1, 0.15) is 6.04 Å². The molecule has 0 aliphatic carbocycles. The molecule has 2 unspecified atom stereocenters. The number of piperazine rings is 1. The average Bonchev–Trinajstić information content (AvgIpc) is 3.17. The lowest BCUT2D eigenvalue weighted by atomic mass is 9.98. The summed E-state index contributed by atoms with van der Waals surface area (Å²) in [6, 6.07) is 7.18. The number of hydrogen-bond acceptors (Lipinski definition) is 6. The van der Waals surface area contributed by atoms with E-state index in [0.29, 0.717) is 26.1 Å². The number of benzene rings is 1. The molecule has 0 aromatic heterocycles. The van der Waals surface area contributed by atoms with Crippen LogP contribution in [0.15, 0.2) is 29.4 Å². The zero-order chi connectivity index (χ0) is 17.6. The molecule has 3 rings (SSSR count). The van der Waals surface area contributed by atoms with Crippen LogP contribution in [-0.2, 0) is 16.0 Å². The highest BCUT2D eigenvalue weighted by molar-refractivity contribution is 5.91. The van der Waals surface area contributed by atoms with E-state index in [2.05, 4.69) is 15.7 Å². The van der Waals surface area contributed by atoms with Crippen LogP contribution in [0.5, 0.6) is 0 Å². The normalized spacial score (nSPS) is 23.9. The van der Waals surface area contributed by atoms with Crippen molar-refractivity contribution in [3.8, 4) is 0 Å². The van der Waals surface area contributed by atoms with Gasteiger partial charge in [-0.25, -0.2) is 0 Å². The van der Waals surface area contributed by atoms with Crippen molar-refractivity contribution < 1.29 is 9.59 Å². The highest BCUT2D eigenvalue weighted by atomic mass is 16.2. The summed E-state index contributed by atoms with van der Waals surface area (Å²) in [5.74, 6) is 5.33. The number of carbonyl (C=O) groups excluding carboxylic acids is 2. The van der Waals surface area contributed by atoms with E-state index in [-0.39, 0.29) is 23.7 Å². The first-order valence-electron chi connectivity index (χ1n) is 8.76. The quantitative estimate of drug-likeness (QED) is 0.380. The number of nitrogens with zero attached hydrogens (tertiary/aromatic N) is 2. The summed E-state index contributed by atoms with van der Waals surface area (Å²) >= 11 is 0. The monoisotopic (exact) mass is 343 g/mol. The van der Waals surface area contributed by atoms with Crippen LogP contribution < -0.4 is 16.5 Å². The molecule has 4 N–H and O–H groups in total. The summed E-state index contributed by atoms with van der Waals surface area (Å²) in [4.78, 5) is 27.4. The second kappa shape index (κ2) is 8.22. The van der Waals surface area contributed by atoms with E-state index < -0.39 is 0 Å². The maximum Gasteiger partial charge on any atom is 0.227 e. The van der Waals surface area contributed by atoms with Crippen LogP contribution >= 0.6 is 0 Å². The third kappa shape index (κ3) is 4.24. The van der Waals surface area contributed by atoms with Gasteiger partial charge in [0.2, 0.25) is 5.91 Å². The fraction of sp³-hybridized carbons (Fsp3) is 0.500. The van der Waals surface area contributed by atoms with Crippen LogP contribution in [-0.4, -0.2) is 61.6 Å². The number of amides is 1. The van der Waals surface area contributed by atoms with Crippen LogP contribution in [0, 0.1) is 5.92 Å². The molecular weight excluding hydrogens is 318 g/mol. The van der Waals surface area contributed by atoms with Gasteiger partial charge >= 0.3 is 0 Å². The Hall–Kier alpha value is -2.25. The molecule has 2 atom stereocenters. The molecular formula is C18H25N5O2. The Labute approximate surface area is 147 Å². The summed E-state index contributed by atoms with van der Waals surface area (Å²) in [7, 11) is 0. The van der Waals surface area contributed by atoms with E-state index in [1.165, 1.54) is 0 Å². The van der Waals surface area contributed by atoms with Gasteiger partial charge in [-0.15, -0.1) is 0 Å². The summed E-state index contributed by atoms with van der Waals surface area (Å²) < 4.78 is 0. The Kier molecular flexibility index (Phi) is 5.78. The maximum absolute atomic E-state index is 12.8. The molecule has 2 saturated heterocycles. The minimum Gasteiger partial charge on any atom is -0.330 e. The number of carbonyl (C=O) groups is 2. The van der Waals surface area contributed by atoms with Crippen LogP contribution in [0.25, 0.3) is 0 Å². The fourth-order valence-corrected chi connectivity index (χ4v) is 3.48. The van der Waals surface area contributed by atoms with Crippen molar-refractivity contribution in [2.24, 2.45) is 16.9 Å². The van der Waals surface area contributed by atoms with E-state index in [1.807, 2.05) is 24.3 Å². The molecule has 7 heteroatoms. The predicted octanol–water partition coefficient (Wildman–Crippen LogP) is -0.499. The van der Waals surface area contributed by atoms with Gasteiger partial charge in [-0.05, 0) is 24.1 Å². The third-order valence-electron chi connectivity index (χ3n) is 4.89. The highest BCUT2D eigenvalue weighted by Crippen LogP contribution is 2.17. The molecule has 0 saturated carbocycles. The van der Waals surface area contributed by atoms with Crippen molar-refractivity contribution >= 4 is 17.9 Å². The van der Waals surface area contributed by atoms with Crippen molar-refractivity contribution in [2.75, 3.05) is 32.7 Å². The number of hydrogen-bond donors (Lipinski definition) is 3. The van der Waals surface area contributed by atoms with E-state index in [9.17, 15) is 9.59 Å². The van der Waals surface area contributed by atoms with Gasteiger partial charge in [-0.3, -0.25) is 9.59 Å². The molecule has 2 aliphatic heterocycles. The minimum absolute atomic E-state index is 0.00299. The topological polar surface area (TPSA) is 99.8 Å². The van der Waals surface area contributed by atoms with Gasteiger partial charge in [-0.2, -0.15) is 5.10 Å². The Balaban J connectivity index is 1.66. The molecule has 1 amide bonds. The van der Waals surface area contributed by atoms with Gasteiger partial charge in [0, 0.05) is 32.6 Å². The third-order valence-corrected chi connectivity index (χ3v) is 4.89. The average molecular weight is 343 g/mol. The number of nitrogens with one attached hydrogen (secondary N) is 2. The Morgan fingerprint density at radius 1 is 1.20 bits per heavy atom. The second-order valence-electron chi connectivity index (χ2n) is 6.60. The summed E-state index contributed by atoms with van der Waals surface area (Å²) in [5.41, 5.74) is 1.82. The molecule has 2 aliphatic rings. The number of nitrogens with two attached hydrogens (primary N) is 1. The van der Waals surface area contributed by atoms with Crippen LogP contribution in [0.2, 0.25) is 0 Å². The number of rotatable bonds is 5. The van der Waals surface area contributed by atoms with Gasteiger partial charge in [-0.1, -0.05) is 24.3 Å². The number of hydrazone groups is 1. The van der Waals surface area contributed by atoms with Gasteiger partial charge in [0.25, 0.3) is 0 Å². The molecule has 0 radical (unpaired) electrons. The smallest absolute Gasteiger partial charge is 0.227 e. The Bertz CT molecular complexity index is 637. The largest absolute Gasteiger partial charge is 0.330 e. The first kappa shape index (κ1) is 17.6. The fourth-order valence-electron chi connectivity index (χ4n) is 3.48. The molecule has 0 bridgehead atoms. The van der Waals surface area contributed by atoms with Gasteiger partial charge < -0.3 is 21.4 Å². The van der Waals surface area contributed by atoms with Crippen LogP contribution in [0.3, 0.4) is 0 Å². The summed E-state index contributed by atoms with van der Waals surface area (Å²) in [5, 5.41) is 9.95. The predicted molar refractivity (Wildman–Crippen MR) is 96.3 cm³/mol. The van der Waals surface area contributed by atoms with Gasteiger partial charge in [0.15, 0.2) is 5.78 Å². The Morgan fingerprint density at radius 2 is 1.96 bits per heavy atom.